The smallest absolute Gasteiger partial charge is 0.0481 e. The van der Waals surface area contributed by atoms with Crippen LogP contribution in [-0.2, 0) is 13.6 Å². The molecule has 0 radical (unpaired) electrons. The molecule has 1 N–H and O–H groups in total. The molecule has 2 aromatic rings. The number of aryl methyl sites for hydroxylation is 1. The topological polar surface area (TPSA) is 17.0 Å². The minimum atomic E-state index is 0.706. The molecule has 0 atom stereocenters. The van der Waals surface area contributed by atoms with Crippen molar-refractivity contribution in [3.8, 4) is 0 Å². The number of benzene rings is 1. The zero-order valence-electron chi connectivity index (χ0n) is 12.4. The minimum absolute atomic E-state index is 0.706. The van der Waals surface area contributed by atoms with Gasteiger partial charge >= 0.3 is 0 Å². The van der Waals surface area contributed by atoms with E-state index in [1.54, 1.807) is 0 Å². The third kappa shape index (κ3) is 2.89. The molecule has 0 bridgehead atoms. The number of aromatic nitrogens is 1. The third-order valence-electron chi connectivity index (χ3n) is 4.57. The quantitative estimate of drug-likeness (QED) is 0.917. The van der Waals surface area contributed by atoms with Crippen LogP contribution in [-0.4, -0.2) is 22.1 Å². The molecule has 20 heavy (non-hydrogen) atoms. The average molecular weight is 288 g/mol. The van der Waals surface area contributed by atoms with E-state index in [2.05, 4.69) is 53.6 Å². The second-order valence-electron chi connectivity index (χ2n) is 5.87. The van der Waals surface area contributed by atoms with Crippen LogP contribution in [0.25, 0.3) is 10.9 Å². The number of fused-ring (bicyclic) bond motifs is 1. The zero-order chi connectivity index (χ0) is 13.9. The van der Waals surface area contributed by atoms with E-state index in [4.69, 9.17) is 0 Å². The lowest BCUT2D eigenvalue weighted by atomic mass is 9.95. The number of hydrogen-bond acceptors (Lipinski definition) is 2. The van der Waals surface area contributed by atoms with Gasteiger partial charge in [0, 0.05) is 42.0 Å². The number of para-hydroxylation sites is 1. The van der Waals surface area contributed by atoms with Gasteiger partial charge in [-0.15, -0.1) is 0 Å². The van der Waals surface area contributed by atoms with Gasteiger partial charge in [0.15, 0.2) is 0 Å². The summed E-state index contributed by atoms with van der Waals surface area (Å²) >= 11 is 2.04. The molecule has 0 saturated heterocycles. The van der Waals surface area contributed by atoms with Crippen molar-refractivity contribution in [2.75, 3.05) is 6.26 Å². The fourth-order valence-electron chi connectivity index (χ4n) is 3.32. The summed E-state index contributed by atoms with van der Waals surface area (Å²) in [6, 6.07) is 9.38. The van der Waals surface area contributed by atoms with Gasteiger partial charge in [-0.3, -0.25) is 0 Å². The van der Waals surface area contributed by atoms with Crippen molar-refractivity contribution in [2.24, 2.45) is 7.05 Å². The summed E-state index contributed by atoms with van der Waals surface area (Å²) in [5.74, 6) is 0. The highest BCUT2D eigenvalue weighted by molar-refractivity contribution is 7.99. The van der Waals surface area contributed by atoms with Gasteiger partial charge in [-0.05, 0) is 43.6 Å². The Morgan fingerprint density at radius 3 is 2.70 bits per heavy atom. The summed E-state index contributed by atoms with van der Waals surface area (Å²) in [5.41, 5.74) is 2.76. The maximum Gasteiger partial charge on any atom is 0.0481 e. The Labute approximate surface area is 125 Å². The highest BCUT2D eigenvalue weighted by atomic mass is 32.2. The van der Waals surface area contributed by atoms with Crippen LogP contribution in [0.3, 0.4) is 0 Å². The Morgan fingerprint density at radius 1 is 1.20 bits per heavy atom. The Balaban J connectivity index is 1.63. The predicted molar refractivity (Wildman–Crippen MR) is 89.3 cm³/mol. The molecule has 1 aliphatic rings. The van der Waals surface area contributed by atoms with Gasteiger partial charge in [0.05, 0.1) is 0 Å². The maximum absolute atomic E-state index is 3.77. The first-order chi connectivity index (χ1) is 9.78. The first-order valence-corrected chi connectivity index (χ1v) is 8.86. The molecule has 1 aliphatic carbocycles. The molecule has 3 heteroatoms. The van der Waals surface area contributed by atoms with Gasteiger partial charge < -0.3 is 9.88 Å². The van der Waals surface area contributed by atoms with E-state index in [-0.39, 0.29) is 0 Å². The van der Waals surface area contributed by atoms with E-state index in [0.29, 0.717) is 6.04 Å². The highest BCUT2D eigenvalue weighted by Crippen LogP contribution is 2.27. The van der Waals surface area contributed by atoms with Crippen LogP contribution in [0.4, 0.5) is 0 Å². The molecule has 108 valence electrons. The third-order valence-corrected chi connectivity index (χ3v) is 5.71. The SMILES string of the molecule is CSC1CCC(NCc2cn(C)c3ccccc23)CC1. The van der Waals surface area contributed by atoms with E-state index < -0.39 is 0 Å². The second kappa shape index (κ2) is 6.23. The van der Waals surface area contributed by atoms with Crippen LogP contribution in [0.5, 0.6) is 0 Å². The second-order valence-corrected chi connectivity index (χ2v) is 7.01. The van der Waals surface area contributed by atoms with Crippen molar-refractivity contribution >= 4 is 22.7 Å². The molecule has 3 rings (SSSR count). The minimum Gasteiger partial charge on any atom is -0.350 e. The number of hydrogen-bond donors (Lipinski definition) is 1. The number of nitrogens with one attached hydrogen (secondary N) is 1. The van der Waals surface area contributed by atoms with E-state index in [1.807, 2.05) is 11.8 Å². The van der Waals surface area contributed by atoms with Crippen molar-refractivity contribution in [3.05, 3.63) is 36.0 Å². The molecular formula is C17H24N2S. The van der Waals surface area contributed by atoms with Crippen LogP contribution >= 0.6 is 11.8 Å². The Morgan fingerprint density at radius 2 is 1.95 bits per heavy atom. The van der Waals surface area contributed by atoms with Crippen molar-refractivity contribution in [1.29, 1.82) is 0 Å². The lowest BCUT2D eigenvalue weighted by Gasteiger charge is -2.28. The fourth-order valence-corrected chi connectivity index (χ4v) is 4.07. The molecule has 2 nitrogen and oxygen atoms in total. The fraction of sp³-hybridized carbons (Fsp3) is 0.529. The summed E-state index contributed by atoms with van der Waals surface area (Å²) in [6.45, 7) is 0.996. The average Bonchev–Trinajstić information content (AvgIpc) is 2.83. The monoisotopic (exact) mass is 288 g/mol. The van der Waals surface area contributed by atoms with E-state index in [9.17, 15) is 0 Å². The summed E-state index contributed by atoms with van der Waals surface area (Å²) < 4.78 is 2.23. The predicted octanol–water partition coefficient (Wildman–Crippen LogP) is 3.94. The van der Waals surface area contributed by atoms with Crippen molar-refractivity contribution < 1.29 is 0 Å². The van der Waals surface area contributed by atoms with Crippen molar-refractivity contribution in [2.45, 2.75) is 43.5 Å². The molecule has 1 saturated carbocycles. The van der Waals surface area contributed by atoms with E-state index >= 15 is 0 Å². The molecule has 1 fully saturated rings. The highest BCUT2D eigenvalue weighted by Gasteiger charge is 2.20. The van der Waals surface area contributed by atoms with Crippen LogP contribution < -0.4 is 5.32 Å². The largest absolute Gasteiger partial charge is 0.350 e. The van der Waals surface area contributed by atoms with Gasteiger partial charge in [-0.25, -0.2) is 0 Å². The number of nitrogens with zero attached hydrogens (tertiary/aromatic N) is 1. The van der Waals surface area contributed by atoms with Crippen LogP contribution in [0, 0.1) is 0 Å². The van der Waals surface area contributed by atoms with Crippen LogP contribution in [0.15, 0.2) is 30.5 Å². The summed E-state index contributed by atoms with van der Waals surface area (Å²) in [5, 5.41) is 6.05. The molecule has 1 heterocycles. The first kappa shape index (κ1) is 14.0. The lowest BCUT2D eigenvalue weighted by molar-refractivity contribution is 0.379. The standard InChI is InChI=1S/C17H24N2S/c1-19-12-13(16-5-3-4-6-17(16)19)11-18-14-7-9-15(20-2)10-8-14/h3-6,12,14-15,18H,7-11H2,1-2H3. The van der Waals surface area contributed by atoms with Crippen molar-refractivity contribution in [3.63, 3.8) is 0 Å². The number of rotatable bonds is 4. The van der Waals surface area contributed by atoms with Gasteiger partial charge in [0.2, 0.25) is 0 Å². The van der Waals surface area contributed by atoms with E-state index in [0.717, 1.165) is 11.8 Å². The summed E-state index contributed by atoms with van der Waals surface area (Å²) in [6.07, 6.45) is 9.91. The molecule has 1 aromatic heterocycles. The Bertz CT molecular complexity index is 567. The molecule has 1 aromatic carbocycles. The lowest BCUT2D eigenvalue weighted by Crippen LogP contribution is -2.33. The molecule has 0 aliphatic heterocycles. The Kier molecular flexibility index (Phi) is 4.37. The molecular weight excluding hydrogens is 264 g/mol. The summed E-state index contributed by atoms with van der Waals surface area (Å²) in [4.78, 5) is 0. The van der Waals surface area contributed by atoms with Gasteiger partial charge in [0.25, 0.3) is 0 Å². The summed E-state index contributed by atoms with van der Waals surface area (Å²) in [7, 11) is 2.13. The normalized spacial score (nSPS) is 23.3. The van der Waals surface area contributed by atoms with Gasteiger partial charge in [0.1, 0.15) is 0 Å². The number of thioether (sulfide) groups is 1. The van der Waals surface area contributed by atoms with Crippen LogP contribution in [0.2, 0.25) is 0 Å². The van der Waals surface area contributed by atoms with Crippen molar-refractivity contribution in [1.82, 2.24) is 9.88 Å². The first-order valence-electron chi connectivity index (χ1n) is 7.57. The maximum atomic E-state index is 3.77. The van der Waals surface area contributed by atoms with E-state index in [1.165, 1.54) is 42.1 Å². The zero-order valence-corrected chi connectivity index (χ0v) is 13.2. The molecule has 0 spiro atoms. The molecule has 0 amide bonds. The van der Waals surface area contributed by atoms with Gasteiger partial charge in [-0.1, -0.05) is 18.2 Å². The Hall–Kier alpha value is -0.930. The van der Waals surface area contributed by atoms with Crippen LogP contribution in [0.1, 0.15) is 31.2 Å². The van der Waals surface area contributed by atoms with Gasteiger partial charge in [-0.2, -0.15) is 11.8 Å². The molecule has 0 unspecified atom stereocenters.